The van der Waals surface area contributed by atoms with Crippen LogP contribution in [0.1, 0.15) is 18.2 Å². The first kappa shape index (κ1) is 16.0. The van der Waals surface area contributed by atoms with Crippen LogP contribution in [0.4, 0.5) is 0 Å². The number of halogens is 1. The van der Waals surface area contributed by atoms with Gasteiger partial charge < -0.3 is 14.6 Å². The monoisotopic (exact) mass is 380 g/mol. The quantitative estimate of drug-likeness (QED) is 0.826. The number of carbonyl (C=O) groups is 1. The van der Waals surface area contributed by atoms with Crippen LogP contribution in [0.25, 0.3) is 5.69 Å². The average molecular weight is 381 g/mol. The number of fused-ring (bicyclic) bond motifs is 1. The van der Waals surface area contributed by atoms with Crippen LogP contribution < -0.4 is 4.74 Å². The van der Waals surface area contributed by atoms with Crippen molar-refractivity contribution >= 4 is 21.9 Å². The first-order chi connectivity index (χ1) is 10.9. The van der Waals surface area contributed by atoms with Gasteiger partial charge in [-0.05, 0) is 32.0 Å². The van der Waals surface area contributed by atoms with Crippen molar-refractivity contribution in [3.05, 3.63) is 40.0 Å². The van der Waals surface area contributed by atoms with Crippen LogP contribution in [0.15, 0.2) is 28.7 Å². The molecule has 1 aromatic carbocycles. The number of esters is 1. The summed E-state index contributed by atoms with van der Waals surface area (Å²) >= 11 is 3.43. The Morgan fingerprint density at radius 1 is 1.57 bits per heavy atom. The van der Waals surface area contributed by atoms with Gasteiger partial charge in [-0.15, -0.1) is 0 Å². The number of rotatable bonds is 3. The molecular weight excluding hydrogens is 364 g/mol. The summed E-state index contributed by atoms with van der Waals surface area (Å²) in [6.45, 7) is 3.59. The molecule has 0 radical (unpaired) electrons. The van der Waals surface area contributed by atoms with E-state index >= 15 is 0 Å². The minimum Gasteiger partial charge on any atom is -0.474 e. The zero-order valence-corrected chi connectivity index (χ0v) is 14.5. The highest BCUT2D eigenvalue weighted by molar-refractivity contribution is 9.10. The summed E-state index contributed by atoms with van der Waals surface area (Å²) in [4.78, 5) is 12.0. The molecule has 7 heteroatoms. The predicted molar refractivity (Wildman–Crippen MR) is 86.8 cm³/mol. The summed E-state index contributed by atoms with van der Waals surface area (Å²) in [7, 11) is 0. The maximum absolute atomic E-state index is 12.0. The van der Waals surface area contributed by atoms with E-state index < -0.39 is 11.6 Å². The largest absolute Gasteiger partial charge is 0.474 e. The van der Waals surface area contributed by atoms with E-state index in [0.717, 1.165) is 10.2 Å². The van der Waals surface area contributed by atoms with Gasteiger partial charge in [0.1, 0.15) is 6.61 Å². The molecule has 3 rings (SSSR count). The molecule has 2 heterocycles. The summed E-state index contributed by atoms with van der Waals surface area (Å²) in [6, 6.07) is 7.66. The highest BCUT2D eigenvalue weighted by Crippen LogP contribution is 2.34. The molecule has 0 fully saturated rings. The molecule has 0 aliphatic carbocycles. The smallest absolute Gasteiger partial charge is 0.342 e. The van der Waals surface area contributed by atoms with Crippen LogP contribution in [0.2, 0.25) is 0 Å². The molecule has 0 amide bonds. The maximum Gasteiger partial charge on any atom is 0.342 e. The second-order valence-corrected chi connectivity index (χ2v) is 6.39. The van der Waals surface area contributed by atoms with E-state index in [4.69, 9.17) is 9.47 Å². The van der Waals surface area contributed by atoms with E-state index in [9.17, 15) is 9.90 Å². The van der Waals surface area contributed by atoms with Crippen molar-refractivity contribution in [2.75, 3.05) is 13.2 Å². The van der Waals surface area contributed by atoms with Gasteiger partial charge in [0, 0.05) is 16.5 Å². The lowest BCUT2D eigenvalue weighted by Crippen LogP contribution is -2.49. The minimum absolute atomic E-state index is 0.126. The van der Waals surface area contributed by atoms with E-state index in [1.165, 1.54) is 0 Å². The topological polar surface area (TPSA) is 73.6 Å². The average Bonchev–Trinajstić information content (AvgIpc) is 2.84. The van der Waals surface area contributed by atoms with Gasteiger partial charge in [-0.1, -0.05) is 22.0 Å². The highest BCUT2D eigenvalue weighted by atomic mass is 79.9. The fraction of sp³-hybridized carbons (Fsp3) is 0.375. The molecule has 0 saturated heterocycles. The molecule has 23 heavy (non-hydrogen) atoms. The second kappa shape index (κ2) is 5.98. The molecular formula is C16H17BrN2O4. The van der Waals surface area contributed by atoms with Crippen molar-refractivity contribution in [3.63, 3.8) is 0 Å². The Bertz CT molecular complexity index is 759. The lowest BCUT2D eigenvalue weighted by Gasteiger charge is -2.30. The Balaban J connectivity index is 1.98. The predicted octanol–water partition coefficient (Wildman–Crippen LogP) is 2.17. The van der Waals surface area contributed by atoms with Crippen LogP contribution in [0.3, 0.4) is 0 Å². The van der Waals surface area contributed by atoms with Crippen molar-refractivity contribution < 1.29 is 19.4 Å². The number of aryl methyl sites for hydroxylation is 1. The number of hydrogen-bond acceptors (Lipinski definition) is 5. The van der Waals surface area contributed by atoms with Crippen molar-refractivity contribution in [1.29, 1.82) is 0 Å². The second-order valence-electron chi connectivity index (χ2n) is 5.48. The van der Waals surface area contributed by atoms with E-state index in [-0.39, 0.29) is 19.6 Å². The number of benzene rings is 1. The Labute approximate surface area is 142 Å². The number of ether oxygens (including phenoxy) is 2. The number of aliphatic hydroxyl groups is 1. The van der Waals surface area contributed by atoms with Gasteiger partial charge in [-0.3, -0.25) is 0 Å². The van der Waals surface area contributed by atoms with Crippen LogP contribution in [0.5, 0.6) is 5.88 Å². The van der Waals surface area contributed by atoms with Gasteiger partial charge in [-0.2, -0.15) is 5.10 Å². The van der Waals surface area contributed by atoms with Gasteiger partial charge in [0.2, 0.25) is 11.5 Å². The zero-order chi connectivity index (χ0) is 16.6. The van der Waals surface area contributed by atoms with E-state index in [1.54, 1.807) is 11.6 Å². The summed E-state index contributed by atoms with van der Waals surface area (Å²) in [5.74, 6) is -0.116. The molecule has 1 aliphatic rings. The summed E-state index contributed by atoms with van der Waals surface area (Å²) in [5, 5.41) is 15.0. The van der Waals surface area contributed by atoms with Crippen molar-refractivity contribution in [3.8, 4) is 11.6 Å². The lowest BCUT2D eigenvalue weighted by molar-refractivity contribution is -0.169. The molecule has 1 aromatic heterocycles. The molecule has 1 atom stereocenters. The molecule has 1 unspecified atom stereocenters. The Morgan fingerprint density at radius 3 is 3.04 bits per heavy atom. The van der Waals surface area contributed by atoms with Crippen LogP contribution >= 0.6 is 15.9 Å². The van der Waals surface area contributed by atoms with E-state index in [1.807, 2.05) is 31.2 Å². The third-order valence-corrected chi connectivity index (χ3v) is 4.26. The molecule has 0 saturated carbocycles. The number of carbonyl (C=O) groups excluding carboxylic acids is 1. The highest BCUT2D eigenvalue weighted by Gasteiger charge is 2.44. The molecule has 1 aliphatic heterocycles. The van der Waals surface area contributed by atoms with Gasteiger partial charge in [0.25, 0.3) is 0 Å². The molecule has 122 valence electrons. The Hall–Kier alpha value is -1.86. The number of aromatic nitrogens is 2. The van der Waals surface area contributed by atoms with E-state index in [2.05, 4.69) is 21.0 Å². The zero-order valence-electron chi connectivity index (χ0n) is 12.9. The minimum atomic E-state index is -1.67. The molecule has 0 spiro atoms. The third-order valence-electron chi connectivity index (χ3n) is 3.76. The normalized spacial score (nSPS) is 19.8. The van der Waals surface area contributed by atoms with Gasteiger partial charge >= 0.3 is 5.97 Å². The first-order valence-electron chi connectivity index (χ1n) is 7.31. The molecule has 2 aromatic rings. The van der Waals surface area contributed by atoms with Crippen LogP contribution in [0, 0.1) is 6.92 Å². The summed E-state index contributed by atoms with van der Waals surface area (Å²) in [6.07, 6.45) is 0.126. The standard InChI is InChI=1S/C16H17BrN2O4/c1-3-22-15(20)16(21)8-13-10(2)18-19(14(13)23-9-16)12-6-4-5-11(17)7-12/h4-7,21H,3,8-9H2,1-2H3. The van der Waals surface area contributed by atoms with Crippen LogP contribution in [-0.4, -0.2) is 39.7 Å². The Morgan fingerprint density at radius 2 is 2.35 bits per heavy atom. The maximum atomic E-state index is 12.0. The van der Waals surface area contributed by atoms with Gasteiger partial charge in [0.15, 0.2) is 0 Å². The fourth-order valence-electron chi connectivity index (χ4n) is 2.60. The van der Waals surface area contributed by atoms with E-state index in [0.29, 0.717) is 17.1 Å². The van der Waals surface area contributed by atoms with Crippen LogP contribution in [-0.2, 0) is 16.0 Å². The Kier molecular flexibility index (Phi) is 4.16. The van der Waals surface area contributed by atoms with Crippen molar-refractivity contribution in [1.82, 2.24) is 9.78 Å². The number of nitrogens with zero attached hydrogens (tertiary/aromatic N) is 2. The molecule has 0 bridgehead atoms. The summed E-state index contributed by atoms with van der Waals surface area (Å²) < 4.78 is 13.2. The van der Waals surface area contributed by atoms with Crippen molar-refractivity contribution in [2.45, 2.75) is 25.9 Å². The van der Waals surface area contributed by atoms with Crippen molar-refractivity contribution in [2.24, 2.45) is 0 Å². The fourth-order valence-corrected chi connectivity index (χ4v) is 2.99. The summed E-state index contributed by atoms with van der Waals surface area (Å²) in [5.41, 5.74) is 0.596. The lowest BCUT2D eigenvalue weighted by atomic mass is 9.93. The SMILES string of the molecule is CCOC(=O)C1(O)COc2c(c(C)nn2-c2cccc(Br)c2)C1. The molecule has 1 N–H and O–H groups in total. The number of hydrogen-bond donors (Lipinski definition) is 1. The first-order valence-corrected chi connectivity index (χ1v) is 8.11. The third kappa shape index (κ3) is 2.86. The van der Waals surface area contributed by atoms with Gasteiger partial charge in [-0.25, -0.2) is 9.48 Å². The molecule has 6 nitrogen and oxygen atoms in total. The van der Waals surface area contributed by atoms with Gasteiger partial charge in [0.05, 0.1) is 18.0 Å².